The van der Waals surface area contributed by atoms with Crippen molar-refractivity contribution < 1.29 is 55.1 Å². The molecule has 0 aromatic carbocycles. The third-order valence-corrected chi connectivity index (χ3v) is 3.65. The minimum Gasteiger partial charge on any atom is -0.748 e. The van der Waals surface area contributed by atoms with Crippen LogP contribution in [0.15, 0.2) is 0 Å². The normalized spacial score (nSPS) is 17.1. The van der Waals surface area contributed by atoms with E-state index in [0.717, 1.165) is 6.42 Å². The molecule has 1 rings (SSSR count). The topological polar surface area (TPSA) is 101 Å². The Kier molecular flexibility index (Phi) is 14.5. The van der Waals surface area contributed by atoms with E-state index in [0.29, 0.717) is 19.4 Å². The third-order valence-electron chi connectivity index (χ3n) is 1.55. The van der Waals surface area contributed by atoms with Crippen LogP contribution in [-0.2, 0) is 24.4 Å². The summed E-state index contributed by atoms with van der Waals surface area (Å²) in [4.78, 5) is 0. The van der Waals surface area contributed by atoms with Gasteiger partial charge < -0.3 is 4.55 Å². The van der Waals surface area contributed by atoms with E-state index < -0.39 is 20.2 Å². The van der Waals surface area contributed by atoms with E-state index in [4.69, 9.17) is 0 Å². The fourth-order valence-corrected chi connectivity index (χ4v) is 2.40. The number of hydrogen-bond acceptors (Lipinski definition) is 6. The molecule has 0 amide bonds. The molecule has 1 saturated heterocycles. The van der Waals surface area contributed by atoms with Gasteiger partial charge in [-0.15, -0.1) is 0 Å². The number of rotatable bonds is 3. The molecule has 1 aliphatic heterocycles. The van der Waals surface area contributed by atoms with Crippen molar-refractivity contribution in [2.45, 2.75) is 33.6 Å². The molecule has 1 heterocycles. The smallest absolute Gasteiger partial charge is 0.748 e. The summed E-state index contributed by atoms with van der Waals surface area (Å²) in [6.45, 7) is 2.22. The van der Waals surface area contributed by atoms with Crippen LogP contribution in [0, 0.1) is 0 Å². The van der Waals surface area contributed by atoms with Crippen molar-refractivity contribution in [1.29, 1.82) is 0 Å². The van der Waals surface area contributed by atoms with Crippen molar-refractivity contribution in [3.8, 4) is 0 Å². The molecular weight excluding hydrogens is 279 g/mol. The first kappa shape index (κ1) is 23.0. The van der Waals surface area contributed by atoms with Gasteiger partial charge in [0.15, 0.2) is 0 Å². The zero-order valence-electron chi connectivity index (χ0n) is 9.51. The van der Waals surface area contributed by atoms with Crippen LogP contribution in [0.3, 0.4) is 0 Å². The maximum absolute atomic E-state index is 10.2. The van der Waals surface area contributed by atoms with Gasteiger partial charge in [0.2, 0.25) is 0 Å². The number of hydrogen-bond donors (Lipinski definition) is 0. The van der Waals surface area contributed by atoms with Crippen LogP contribution < -0.4 is 29.6 Å². The van der Waals surface area contributed by atoms with Gasteiger partial charge >= 0.3 is 29.6 Å². The van der Waals surface area contributed by atoms with Gasteiger partial charge in [-0.3, -0.25) is 4.18 Å². The van der Waals surface area contributed by atoms with Crippen molar-refractivity contribution in [2.75, 3.05) is 18.1 Å². The molecule has 0 radical (unpaired) electrons. The van der Waals surface area contributed by atoms with E-state index in [9.17, 15) is 21.4 Å². The van der Waals surface area contributed by atoms with Crippen molar-refractivity contribution >= 4 is 20.2 Å². The van der Waals surface area contributed by atoms with Crippen molar-refractivity contribution in [2.24, 2.45) is 0 Å². The maximum Gasteiger partial charge on any atom is 1.00 e. The van der Waals surface area contributed by atoms with Gasteiger partial charge in [0.1, 0.15) is 0 Å². The molecule has 100 valence electrons. The van der Waals surface area contributed by atoms with E-state index >= 15 is 0 Å². The Labute approximate surface area is 126 Å². The summed E-state index contributed by atoms with van der Waals surface area (Å²) in [7, 11) is -6.98. The Morgan fingerprint density at radius 2 is 1.88 bits per heavy atom. The summed E-state index contributed by atoms with van der Waals surface area (Å²) in [5.74, 6) is -0.0174. The molecule has 0 spiro atoms. The molecule has 0 saturated carbocycles. The molecule has 0 aromatic heterocycles. The van der Waals surface area contributed by atoms with Crippen LogP contribution in [0.1, 0.15) is 33.6 Å². The number of unbranched alkanes of at least 4 members (excludes halogenated alkanes) is 1. The Morgan fingerprint density at radius 1 is 1.35 bits per heavy atom. The summed E-state index contributed by atoms with van der Waals surface area (Å²) in [6.07, 6.45) is 1.88. The minimum absolute atomic E-state index is 0. The zero-order valence-corrected chi connectivity index (χ0v) is 13.1. The first-order valence-corrected chi connectivity index (χ1v) is 7.73. The van der Waals surface area contributed by atoms with Crippen LogP contribution in [0.2, 0.25) is 0 Å². The molecule has 17 heavy (non-hydrogen) atoms. The van der Waals surface area contributed by atoms with E-state index in [1.54, 1.807) is 0 Å². The van der Waals surface area contributed by atoms with Gasteiger partial charge in [0, 0.05) is 5.75 Å². The van der Waals surface area contributed by atoms with Crippen LogP contribution in [0.4, 0.5) is 0 Å². The molecule has 1 fully saturated rings. The second kappa shape index (κ2) is 10.7. The van der Waals surface area contributed by atoms with Crippen molar-refractivity contribution in [1.82, 2.24) is 0 Å². The fraction of sp³-hybridized carbons (Fsp3) is 1.00. The van der Waals surface area contributed by atoms with Gasteiger partial charge in [-0.05, 0) is 12.8 Å². The molecule has 0 aliphatic carbocycles. The second-order valence-electron chi connectivity index (χ2n) is 3.05. The SMILES string of the molecule is C.CCCCS(=O)(=O)[O-].O=S1(=O)CCCO1.[Na+]. The average Bonchev–Trinajstić information content (AvgIpc) is 2.46. The summed E-state index contributed by atoms with van der Waals surface area (Å²) in [6, 6.07) is 0. The van der Waals surface area contributed by atoms with E-state index in [-0.39, 0.29) is 48.5 Å². The van der Waals surface area contributed by atoms with Gasteiger partial charge in [-0.2, -0.15) is 8.42 Å². The van der Waals surface area contributed by atoms with Gasteiger partial charge in [0.25, 0.3) is 10.1 Å². The molecular formula is C8H19NaO6S2. The molecule has 1 aliphatic rings. The van der Waals surface area contributed by atoms with Crippen molar-refractivity contribution in [3.05, 3.63) is 0 Å². The Bertz CT molecular complexity index is 349. The van der Waals surface area contributed by atoms with Crippen LogP contribution in [-0.4, -0.2) is 39.5 Å². The third kappa shape index (κ3) is 16.8. The van der Waals surface area contributed by atoms with Gasteiger partial charge in [0.05, 0.1) is 22.5 Å². The molecule has 6 nitrogen and oxygen atoms in total. The average molecular weight is 298 g/mol. The summed E-state index contributed by atoms with van der Waals surface area (Å²) in [5, 5.41) is 0. The van der Waals surface area contributed by atoms with Crippen LogP contribution >= 0.6 is 0 Å². The summed E-state index contributed by atoms with van der Waals surface area (Å²) >= 11 is 0. The predicted octanol–water partition coefficient (Wildman–Crippen LogP) is -2.29. The quantitative estimate of drug-likeness (QED) is 0.330. The summed E-state index contributed by atoms with van der Waals surface area (Å²) in [5.41, 5.74) is 0. The van der Waals surface area contributed by atoms with E-state index in [2.05, 4.69) is 4.18 Å². The zero-order chi connectivity index (χ0) is 11.9. The monoisotopic (exact) mass is 298 g/mol. The minimum atomic E-state index is -3.94. The molecule has 0 atom stereocenters. The van der Waals surface area contributed by atoms with E-state index in [1.807, 2.05) is 6.92 Å². The fourth-order valence-electron chi connectivity index (χ4n) is 0.802. The van der Waals surface area contributed by atoms with Crippen LogP contribution in [0.25, 0.3) is 0 Å². The molecule has 0 bridgehead atoms. The molecule has 0 aromatic rings. The Morgan fingerprint density at radius 3 is 2.00 bits per heavy atom. The second-order valence-corrected chi connectivity index (χ2v) is 6.34. The first-order valence-electron chi connectivity index (χ1n) is 4.57. The Hall–Kier alpha value is 0.820. The molecule has 0 unspecified atom stereocenters. The maximum atomic E-state index is 10.2. The molecule has 9 heteroatoms. The van der Waals surface area contributed by atoms with E-state index in [1.165, 1.54) is 0 Å². The van der Waals surface area contributed by atoms with Crippen LogP contribution in [0.5, 0.6) is 0 Å². The molecule has 0 N–H and O–H groups in total. The summed E-state index contributed by atoms with van der Waals surface area (Å²) < 4.78 is 54.2. The predicted molar refractivity (Wildman–Crippen MR) is 60.6 cm³/mol. The van der Waals surface area contributed by atoms with Gasteiger partial charge in [-0.25, -0.2) is 8.42 Å². The van der Waals surface area contributed by atoms with Gasteiger partial charge in [-0.1, -0.05) is 20.8 Å². The largest absolute Gasteiger partial charge is 1.00 e. The Balaban J connectivity index is -0.000000207. The standard InChI is InChI=1S/C4H10O3S.C3H6O3S.CH4.Na/c1-2-3-4-8(5,6)7;4-7(5)3-1-2-6-7;;/h2-4H2,1H3,(H,5,6,7);1-3H2;1H4;/q;;;+1/p-1. The van der Waals surface area contributed by atoms with Crippen molar-refractivity contribution in [3.63, 3.8) is 0 Å². The first-order chi connectivity index (χ1) is 6.77.